The van der Waals surface area contributed by atoms with Crippen LogP contribution in [0.1, 0.15) is 53.9 Å². The molecule has 0 aromatic carbocycles. The highest BCUT2D eigenvalue weighted by molar-refractivity contribution is 5.76. The fourth-order valence-corrected chi connectivity index (χ4v) is 2.46. The standard InChI is InChI=1S/C15H30N2O/c1-12(2)10-17(11-13-7-6-8-16-13)14(18)9-15(3,4)5/h12-13,16H,6-11H2,1-5H3. The molecule has 0 aliphatic carbocycles. The van der Waals surface area contributed by atoms with Crippen molar-refractivity contribution in [3.8, 4) is 0 Å². The Morgan fingerprint density at radius 2 is 2.06 bits per heavy atom. The van der Waals surface area contributed by atoms with Crippen LogP contribution in [0.15, 0.2) is 0 Å². The highest BCUT2D eigenvalue weighted by Gasteiger charge is 2.25. The lowest BCUT2D eigenvalue weighted by atomic mass is 9.91. The van der Waals surface area contributed by atoms with Crippen LogP contribution in [0.25, 0.3) is 0 Å². The van der Waals surface area contributed by atoms with Crippen LogP contribution >= 0.6 is 0 Å². The normalized spacial score (nSPS) is 20.4. The van der Waals surface area contributed by atoms with Crippen molar-refractivity contribution >= 4 is 5.91 Å². The van der Waals surface area contributed by atoms with E-state index in [1.54, 1.807) is 0 Å². The van der Waals surface area contributed by atoms with E-state index in [0.29, 0.717) is 24.3 Å². The van der Waals surface area contributed by atoms with Crippen LogP contribution in [-0.4, -0.2) is 36.5 Å². The van der Waals surface area contributed by atoms with Gasteiger partial charge in [0.25, 0.3) is 0 Å². The summed E-state index contributed by atoms with van der Waals surface area (Å²) in [4.78, 5) is 14.4. The number of hydrogen-bond acceptors (Lipinski definition) is 2. The molecule has 106 valence electrons. The Morgan fingerprint density at radius 1 is 1.39 bits per heavy atom. The van der Waals surface area contributed by atoms with E-state index in [2.05, 4.69) is 44.8 Å². The molecule has 1 aliphatic rings. The molecule has 1 rings (SSSR count). The molecule has 1 heterocycles. The average Bonchev–Trinajstić information content (AvgIpc) is 2.65. The van der Waals surface area contributed by atoms with Gasteiger partial charge in [-0.1, -0.05) is 34.6 Å². The summed E-state index contributed by atoms with van der Waals surface area (Å²) in [5.41, 5.74) is 0.0788. The predicted molar refractivity (Wildman–Crippen MR) is 76.5 cm³/mol. The molecule has 0 bridgehead atoms. The molecule has 1 N–H and O–H groups in total. The van der Waals surface area contributed by atoms with Gasteiger partial charge in [-0.15, -0.1) is 0 Å². The van der Waals surface area contributed by atoms with Gasteiger partial charge in [0.1, 0.15) is 0 Å². The molecule has 1 fully saturated rings. The summed E-state index contributed by atoms with van der Waals surface area (Å²) in [6.45, 7) is 13.6. The minimum Gasteiger partial charge on any atom is -0.341 e. The van der Waals surface area contributed by atoms with Crippen molar-refractivity contribution in [1.82, 2.24) is 10.2 Å². The molecule has 0 saturated carbocycles. The van der Waals surface area contributed by atoms with Crippen LogP contribution in [0.3, 0.4) is 0 Å². The van der Waals surface area contributed by atoms with E-state index in [-0.39, 0.29) is 5.41 Å². The van der Waals surface area contributed by atoms with E-state index >= 15 is 0 Å². The monoisotopic (exact) mass is 254 g/mol. The molecule has 1 unspecified atom stereocenters. The topological polar surface area (TPSA) is 32.3 Å². The third-order valence-electron chi connectivity index (χ3n) is 3.22. The molecule has 1 atom stereocenters. The van der Waals surface area contributed by atoms with E-state index in [9.17, 15) is 4.79 Å². The summed E-state index contributed by atoms with van der Waals surface area (Å²) in [6.07, 6.45) is 3.09. The minimum atomic E-state index is 0.0788. The van der Waals surface area contributed by atoms with Crippen LogP contribution in [0.4, 0.5) is 0 Å². The Balaban J connectivity index is 2.55. The molecule has 1 saturated heterocycles. The van der Waals surface area contributed by atoms with Crippen LogP contribution < -0.4 is 5.32 Å². The summed E-state index contributed by atoms with van der Waals surface area (Å²) in [7, 11) is 0. The van der Waals surface area contributed by atoms with Gasteiger partial charge < -0.3 is 10.2 Å². The maximum Gasteiger partial charge on any atom is 0.223 e. The zero-order valence-corrected chi connectivity index (χ0v) is 12.8. The van der Waals surface area contributed by atoms with Gasteiger partial charge in [0.05, 0.1) is 0 Å². The number of carbonyl (C=O) groups excluding carboxylic acids is 1. The zero-order chi connectivity index (χ0) is 13.8. The maximum absolute atomic E-state index is 12.4. The van der Waals surface area contributed by atoms with Gasteiger partial charge in [-0.05, 0) is 30.7 Å². The highest BCUT2D eigenvalue weighted by Crippen LogP contribution is 2.21. The lowest BCUT2D eigenvalue weighted by molar-refractivity contribution is -0.134. The maximum atomic E-state index is 12.4. The summed E-state index contributed by atoms with van der Waals surface area (Å²) in [6, 6.07) is 0.507. The third-order valence-corrected chi connectivity index (χ3v) is 3.22. The van der Waals surface area contributed by atoms with Crippen molar-refractivity contribution in [3.63, 3.8) is 0 Å². The van der Waals surface area contributed by atoms with Crippen molar-refractivity contribution < 1.29 is 4.79 Å². The lowest BCUT2D eigenvalue weighted by Crippen LogP contribution is -2.43. The molecule has 0 aromatic heterocycles. The van der Waals surface area contributed by atoms with E-state index < -0.39 is 0 Å². The Morgan fingerprint density at radius 3 is 2.50 bits per heavy atom. The van der Waals surface area contributed by atoms with Crippen molar-refractivity contribution in [2.24, 2.45) is 11.3 Å². The highest BCUT2D eigenvalue weighted by atomic mass is 16.2. The molecule has 18 heavy (non-hydrogen) atoms. The molecule has 3 heteroatoms. The van der Waals surface area contributed by atoms with Crippen molar-refractivity contribution in [2.45, 2.75) is 59.9 Å². The number of rotatable bonds is 5. The number of carbonyl (C=O) groups is 1. The number of nitrogens with zero attached hydrogens (tertiary/aromatic N) is 1. The third kappa shape index (κ3) is 5.85. The molecule has 0 radical (unpaired) electrons. The van der Waals surface area contributed by atoms with E-state index in [1.807, 2.05) is 0 Å². The second kappa shape index (κ2) is 6.55. The van der Waals surface area contributed by atoms with Gasteiger partial charge in [0, 0.05) is 25.6 Å². The zero-order valence-electron chi connectivity index (χ0n) is 12.8. The van der Waals surface area contributed by atoms with Crippen LogP contribution in [0, 0.1) is 11.3 Å². The Labute approximate surface area is 112 Å². The smallest absolute Gasteiger partial charge is 0.223 e. The first-order chi connectivity index (χ1) is 8.28. The lowest BCUT2D eigenvalue weighted by Gasteiger charge is -2.30. The molecule has 3 nitrogen and oxygen atoms in total. The molecule has 1 aliphatic heterocycles. The van der Waals surface area contributed by atoms with Crippen molar-refractivity contribution in [2.75, 3.05) is 19.6 Å². The summed E-state index contributed by atoms with van der Waals surface area (Å²) < 4.78 is 0. The first kappa shape index (κ1) is 15.5. The van der Waals surface area contributed by atoms with Crippen LogP contribution in [0.5, 0.6) is 0 Å². The summed E-state index contributed by atoms with van der Waals surface area (Å²) in [5, 5.41) is 3.48. The van der Waals surface area contributed by atoms with Gasteiger partial charge in [0.15, 0.2) is 0 Å². The average molecular weight is 254 g/mol. The Bertz CT molecular complexity index is 262. The van der Waals surface area contributed by atoms with Crippen LogP contribution in [0.2, 0.25) is 0 Å². The number of amides is 1. The van der Waals surface area contributed by atoms with Crippen LogP contribution in [-0.2, 0) is 4.79 Å². The first-order valence-corrected chi connectivity index (χ1v) is 7.29. The van der Waals surface area contributed by atoms with Gasteiger partial charge in [0.2, 0.25) is 5.91 Å². The SMILES string of the molecule is CC(C)CN(CC1CCCN1)C(=O)CC(C)(C)C. The fourth-order valence-electron chi connectivity index (χ4n) is 2.46. The molecule has 1 amide bonds. The second-order valence-corrected chi connectivity index (χ2v) is 7.22. The van der Waals surface area contributed by atoms with Gasteiger partial charge >= 0.3 is 0 Å². The first-order valence-electron chi connectivity index (χ1n) is 7.29. The van der Waals surface area contributed by atoms with Crippen molar-refractivity contribution in [1.29, 1.82) is 0 Å². The Hall–Kier alpha value is -0.570. The largest absolute Gasteiger partial charge is 0.341 e. The number of nitrogens with one attached hydrogen (secondary N) is 1. The number of hydrogen-bond donors (Lipinski definition) is 1. The minimum absolute atomic E-state index is 0.0788. The van der Waals surface area contributed by atoms with Gasteiger partial charge in [-0.25, -0.2) is 0 Å². The summed E-state index contributed by atoms with van der Waals surface area (Å²) in [5.74, 6) is 0.847. The predicted octanol–water partition coefficient (Wildman–Crippen LogP) is 2.66. The quantitative estimate of drug-likeness (QED) is 0.818. The Kier molecular flexibility index (Phi) is 5.64. The van der Waals surface area contributed by atoms with E-state index in [0.717, 1.165) is 19.6 Å². The van der Waals surface area contributed by atoms with E-state index in [1.165, 1.54) is 12.8 Å². The van der Waals surface area contributed by atoms with E-state index in [4.69, 9.17) is 0 Å². The van der Waals surface area contributed by atoms with Crippen molar-refractivity contribution in [3.05, 3.63) is 0 Å². The van der Waals surface area contributed by atoms with Gasteiger partial charge in [-0.2, -0.15) is 0 Å². The summed E-state index contributed by atoms with van der Waals surface area (Å²) >= 11 is 0. The molecule has 0 aromatic rings. The molecular formula is C15H30N2O. The second-order valence-electron chi connectivity index (χ2n) is 7.22. The molecule has 0 spiro atoms. The van der Waals surface area contributed by atoms with Gasteiger partial charge in [-0.3, -0.25) is 4.79 Å². The molecular weight excluding hydrogens is 224 g/mol. The fraction of sp³-hybridized carbons (Fsp3) is 0.933.